The van der Waals surface area contributed by atoms with Gasteiger partial charge in [-0.3, -0.25) is 9.69 Å². The van der Waals surface area contributed by atoms with E-state index >= 15 is 0 Å². The van der Waals surface area contributed by atoms with Crippen molar-refractivity contribution in [2.45, 2.75) is 56.5 Å². The fourth-order valence-electron chi connectivity index (χ4n) is 3.33. The summed E-state index contributed by atoms with van der Waals surface area (Å²) in [5, 5.41) is 15.7. The van der Waals surface area contributed by atoms with Gasteiger partial charge in [0.25, 0.3) is 0 Å². The molecule has 1 saturated heterocycles. The average Bonchev–Trinajstić information content (AvgIpc) is 2.49. The van der Waals surface area contributed by atoms with E-state index in [-0.39, 0.29) is 5.91 Å². The molecule has 2 N–H and O–H groups in total. The number of carbonyl (C=O) groups excluding carboxylic acids is 1. The molecule has 0 bridgehead atoms. The second-order valence-electron chi connectivity index (χ2n) is 6.20. The minimum Gasteiger partial charge on any atom is -0.337 e. The number of nitrogens with zero attached hydrogens (tertiary/aromatic N) is 2. The van der Waals surface area contributed by atoms with E-state index in [0.717, 1.165) is 51.6 Å². The Labute approximate surface area is 121 Å². The van der Waals surface area contributed by atoms with Crippen LogP contribution >= 0.6 is 0 Å². The van der Waals surface area contributed by atoms with E-state index in [2.05, 4.69) is 21.6 Å². The van der Waals surface area contributed by atoms with Gasteiger partial charge in [-0.1, -0.05) is 19.3 Å². The van der Waals surface area contributed by atoms with Crippen LogP contribution in [0.15, 0.2) is 0 Å². The van der Waals surface area contributed by atoms with Crippen molar-refractivity contribution in [3.63, 3.8) is 0 Å². The summed E-state index contributed by atoms with van der Waals surface area (Å²) in [6, 6.07) is 2.82. The van der Waals surface area contributed by atoms with Crippen molar-refractivity contribution in [1.82, 2.24) is 15.5 Å². The summed E-state index contributed by atoms with van der Waals surface area (Å²) in [7, 11) is 2.01. The van der Waals surface area contributed by atoms with Crippen LogP contribution in [0.5, 0.6) is 0 Å². The predicted molar refractivity (Wildman–Crippen MR) is 78.1 cm³/mol. The minimum atomic E-state index is -0.607. The number of likely N-dealkylation sites (N-methyl/N-ethyl adjacent to an activating group) is 1. The third-order valence-electron chi connectivity index (χ3n) is 4.62. The van der Waals surface area contributed by atoms with E-state index in [4.69, 9.17) is 0 Å². The highest BCUT2D eigenvalue weighted by atomic mass is 16.2. The van der Waals surface area contributed by atoms with Crippen LogP contribution in [0.1, 0.15) is 44.9 Å². The molecule has 2 rings (SSSR count). The molecule has 112 valence electrons. The number of hydrogen-bond donors (Lipinski definition) is 2. The zero-order valence-corrected chi connectivity index (χ0v) is 12.5. The lowest BCUT2D eigenvalue weighted by Crippen LogP contribution is -2.53. The average molecular weight is 278 g/mol. The zero-order chi connectivity index (χ0) is 14.4. The standard InChI is InChI=1S/C15H26N4O/c1-19(13-5-9-17-10-6-13)11-14(20)18-15(12-16)7-3-2-4-8-15/h13,17H,2-11H2,1H3,(H,18,20). The smallest absolute Gasteiger partial charge is 0.235 e. The highest BCUT2D eigenvalue weighted by molar-refractivity contribution is 5.79. The Hall–Kier alpha value is -1.12. The maximum absolute atomic E-state index is 12.2. The van der Waals surface area contributed by atoms with Crippen molar-refractivity contribution >= 4 is 5.91 Å². The first-order valence-corrected chi connectivity index (χ1v) is 7.78. The highest BCUT2D eigenvalue weighted by Gasteiger charge is 2.34. The highest BCUT2D eigenvalue weighted by Crippen LogP contribution is 2.27. The maximum atomic E-state index is 12.2. The van der Waals surface area contributed by atoms with E-state index in [0.29, 0.717) is 12.6 Å². The second kappa shape index (κ2) is 7.05. The molecule has 0 aromatic rings. The van der Waals surface area contributed by atoms with E-state index in [1.807, 2.05) is 7.05 Å². The van der Waals surface area contributed by atoms with Gasteiger partial charge in [-0.15, -0.1) is 0 Å². The topological polar surface area (TPSA) is 68.2 Å². The Morgan fingerprint density at radius 1 is 1.35 bits per heavy atom. The first-order valence-electron chi connectivity index (χ1n) is 7.78. The van der Waals surface area contributed by atoms with Gasteiger partial charge in [0, 0.05) is 6.04 Å². The molecule has 5 nitrogen and oxygen atoms in total. The van der Waals surface area contributed by atoms with Crippen LogP contribution in [0.2, 0.25) is 0 Å². The Kier molecular flexibility index (Phi) is 5.38. The number of carbonyl (C=O) groups is 1. The zero-order valence-electron chi connectivity index (χ0n) is 12.5. The number of piperidine rings is 1. The maximum Gasteiger partial charge on any atom is 0.235 e. The molecule has 20 heavy (non-hydrogen) atoms. The van der Waals surface area contributed by atoms with Gasteiger partial charge in [0.2, 0.25) is 5.91 Å². The van der Waals surface area contributed by atoms with Crippen molar-refractivity contribution < 1.29 is 4.79 Å². The molecule has 0 radical (unpaired) electrons. The fraction of sp³-hybridized carbons (Fsp3) is 0.867. The molecule has 5 heteroatoms. The van der Waals surface area contributed by atoms with Crippen LogP contribution < -0.4 is 10.6 Å². The van der Waals surface area contributed by atoms with Crippen molar-refractivity contribution in [1.29, 1.82) is 5.26 Å². The van der Waals surface area contributed by atoms with E-state index in [1.54, 1.807) is 0 Å². The molecular weight excluding hydrogens is 252 g/mol. The summed E-state index contributed by atoms with van der Waals surface area (Å²) in [6.45, 7) is 2.45. The Bertz CT molecular complexity index is 365. The number of hydrogen-bond acceptors (Lipinski definition) is 4. The van der Waals surface area contributed by atoms with Crippen LogP contribution in [0.3, 0.4) is 0 Å². The van der Waals surface area contributed by atoms with Crippen LogP contribution in [-0.2, 0) is 4.79 Å². The Morgan fingerprint density at radius 2 is 2.00 bits per heavy atom. The molecule has 0 unspecified atom stereocenters. The second-order valence-corrected chi connectivity index (χ2v) is 6.20. The van der Waals surface area contributed by atoms with Crippen LogP contribution in [0, 0.1) is 11.3 Å². The molecule has 0 aromatic heterocycles. The van der Waals surface area contributed by atoms with Gasteiger partial charge in [-0.05, 0) is 45.8 Å². The number of rotatable bonds is 4. The normalized spacial score (nSPS) is 23.2. The lowest BCUT2D eigenvalue weighted by atomic mass is 9.83. The van der Waals surface area contributed by atoms with E-state index < -0.39 is 5.54 Å². The van der Waals surface area contributed by atoms with Crippen molar-refractivity contribution in [3.05, 3.63) is 0 Å². The fourth-order valence-corrected chi connectivity index (χ4v) is 3.33. The Balaban J connectivity index is 1.83. The molecular formula is C15H26N4O. The molecule has 1 aliphatic carbocycles. The summed E-state index contributed by atoms with van der Waals surface area (Å²) in [5.74, 6) is -0.00511. The molecule has 1 heterocycles. The Morgan fingerprint density at radius 3 is 2.60 bits per heavy atom. The summed E-state index contributed by atoms with van der Waals surface area (Å²) in [4.78, 5) is 14.3. The third kappa shape index (κ3) is 3.94. The lowest BCUT2D eigenvalue weighted by Gasteiger charge is -2.34. The summed E-state index contributed by atoms with van der Waals surface area (Å²) in [5.41, 5.74) is -0.607. The number of amides is 1. The van der Waals surface area contributed by atoms with Gasteiger partial charge in [0.15, 0.2) is 0 Å². The third-order valence-corrected chi connectivity index (χ3v) is 4.62. The summed E-state index contributed by atoms with van der Waals surface area (Å²) >= 11 is 0. The van der Waals surface area contributed by atoms with Gasteiger partial charge in [-0.25, -0.2) is 0 Å². The molecule has 0 atom stereocenters. The molecule has 1 aliphatic heterocycles. The SMILES string of the molecule is CN(CC(=O)NC1(C#N)CCCCC1)C1CCNCC1. The molecule has 2 fully saturated rings. The minimum absolute atomic E-state index is 0.00511. The molecule has 0 spiro atoms. The van der Waals surface area contributed by atoms with Crippen molar-refractivity contribution in [2.75, 3.05) is 26.7 Å². The molecule has 0 aromatic carbocycles. The van der Waals surface area contributed by atoms with E-state index in [1.165, 1.54) is 6.42 Å². The number of nitrogens with one attached hydrogen (secondary N) is 2. The summed E-state index contributed by atoms with van der Waals surface area (Å²) < 4.78 is 0. The lowest BCUT2D eigenvalue weighted by molar-refractivity contribution is -0.124. The largest absolute Gasteiger partial charge is 0.337 e. The summed E-state index contributed by atoms with van der Waals surface area (Å²) in [6.07, 6.45) is 7.03. The number of nitriles is 1. The van der Waals surface area contributed by atoms with Crippen molar-refractivity contribution in [2.24, 2.45) is 0 Å². The first kappa shape index (κ1) is 15.3. The van der Waals surface area contributed by atoms with Crippen LogP contribution in [-0.4, -0.2) is 49.1 Å². The van der Waals surface area contributed by atoms with E-state index in [9.17, 15) is 10.1 Å². The van der Waals surface area contributed by atoms with Gasteiger partial charge in [0.05, 0.1) is 12.6 Å². The van der Waals surface area contributed by atoms with Gasteiger partial charge >= 0.3 is 0 Å². The quantitative estimate of drug-likeness (QED) is 0.805. The van der Waals surface area contributed by atoms with Crippen LogP contribution in [0.25, 0.3) is 0 Å². The monoisotopic (exact) mass is 278 g/mol. The van der Waals surface area contributed by atoms with Gasteiger partial charge in [0.1, 0.15) is 5.54 Å². The van der Waals surface area contributed by atoms with Crippen LogP contribution in [0.4, 0.5) is 0 Å². The van der Waals surface area contributed by atoms with Gasteiger partial charge < -0.3 is 10.6 Å². The van der Waals surface area contributed by atoms with Gasteiger partial charge in [-0.2, -0.15) is 5.26 Å². The molecule has 1 amide bonds. The molecule has 2 aliphatic rings. The molecule has 1 saturated carbocycles. The predicted octanol–water partition coefficient (Wildman–Crippen LogP) is 1.01. The first-order chi connectivity index (χ1) is 9.65. The van der Waals surface area contributed by atoms with Crippen molar-refractivity contribution in [3.8, 4) is 6.07 Å².